The molecule has 1 aromatic carbocycles. The molecule has 3 heteroatoms. The Morgan fingerprint density at radius 2 is 1.92 bits per heavy atom. The van der Waals surface area contributed by atoms with Crippen molar-refractivity contribution in [2.75, 3.05) is 0 Å². The standard InChI is InChI=1S/C10H12ClFO/c1-10(2,3)13-9-5-4-7(11)6-8(9)12/h4-6H,1-3H3. The normalized spacial score (nSPS) is 11.5. The molecule has 0 bridgehead atoms. The summed E-state index contributed by atoms with van der Waals surface area (Å²) in [5, 5.41) is 0.374. The number of benzene rings is 1. The minimum atomic E-state index is -0.428. The Hall–Kier alpha value is -0.760. The summed E-state index contributed by atoms with van der Waals surface area (Å²) in [5.41, 5.74) is -0.394. The average Bonchev–Trinajstić information content (AvgIpc) is 1.93. The summed E-state index contributed by atoms with van der Waals surface area (Å²) in [6.45, 7) is 5.59. The monoisotopic (exact) mass is 202 g/mol. The van der Waals surface area contributed by atoms with E-state index in [4.69, 9.17) is 16.3 Å². The molecule has 13 heavy (non-hydrogen) atoms. The van der Waals surface area contributed by atoms with Gasteiger partial charge in [0.25, 0.3) is 0 Å². The third-order valence-corrected chi connectivity index (χ3v) is 1.55. The lowest BCUT2D eigenvalue weighted by molar-refractivity contribution is 0.124. The van der Waals surface area contributed by atoms with Crippen LogP contribution in [0.1, 0.15) is 20.8 Å². The van der Waals surface area contributed by atoms with Gasteiger partial charge in [0, 0.05) is 5.02 Å². The average molecular weight is 203 g/mol. The van der Waals surface area contributed by atoms with Crippen molar-refractivity contribution in [1.29, 1.82) is 0 Å². The molecule has 72 valence electrons. The summed E-state index contributed by atoms with van der Waals surface area (Å²) in [4.78, 5) is 0. The largest absolute Gasteiger partial charge is 0.485 e. The lowest BCUT2D eigenvalue weighted by Gasteiger charge is -2.21. The van der Waals surface area contributed by atoms with Crippen LogP contribution in [-0.4, -0.2) is 5.60 Å². The van der Waals surface area contributed by atoms with Gasteiger partial charge in [-0.3, -0.25) is 0 Å². The Bertz CT molecular complexity index is 304. The van der Waals surface area contributed by atoms with Crippen LogP contribution < -0.4 is 4.74 Å². The molecule has 0 aliphatic heterocycles. The molecule has 0 aliphatic rings. The van der Waals surface area contributed by atoms with E-state index in [1.807, 2.05) is 20.8 Å². The number of hydrogen-bond donors (Lipinski definition) is 0. The third-order valence-electron chi connectivity index (χ3n) is 1.31. The van der Waals surface area contributed by atoms with Crippen molar-refractivity contribution in [2.24, 2.45) is 0 Å². The van der Waals surface area contributed by atoms with Gasteiger partial charge in [0.05, 0.1) is 0 Å². The Balaban J connectivity index is 2.90. The molecule has 0 unspecified atom stereocenters. The van der Waals surface area contributed by atoms with Crippen molar-refractivity contribution in [3.05, 3.63) is 29.0 Å². The molecular weight excluding hydrogens is 191 g/mol. The van der Waals surface area contributed by atoms with Gasteiger partial charge in [0.15, 0.2) is 11.6 Å². The second-order valence-corrected chi connectivity index (χ2v) is 4.23. The fourth-order valence-electron chi connectivity index (χ4n) is 0.888. The fourth-order valence-corrected chi connectivity index (χ4v) is 1.05. The first-order valence-corrected chi connectivity index (χ1v) is 4.40. The molecule has 0 N–H and O–H groups in total. The zero-order chi connectivity index (χ0) is 10.1. The molecule has 0 atom stereocenters. The third kappa shape index (κ3) is 3.23. The molecular formula is C10H12ClFO. The van der Waals surface area contributed by atoms with Crippen molar-refractivity contribution in [3.8, 4) is 5.75 Å². The number of hydrogen-bond acceptors (Lipinski definition) is 1. The predicted molar refractivity (Wildman–Crippen MR) is 51.8 cm³/mol. The van der Waals surface area contributed by atoms with Gasteiger partial charge in [-0.15, -0.1) is 0 Å². The van der Waals surface area contributed by atoms with Gasteiger partial charge in [-0.1, -0.05) is 11.6 Å². The molecule has 1 rings (SSSR count). The Morgan fingerprint density at radius 1 is 1.31 bits per heavy atom. The van der Waals surface area contributed by atoms with Crippen LogP contribution in [0.15, 0.2) is 18.2 Å². The smallest absolute Gasteiger partial charge is 0.166 e. The molecule has 0 aliphatic carbocycles. The molecule has 0 saturated heterocycles. The van der Waals surface area contributed by atoms with E-state index in [-0.39, 0.29) is 5.75 Å². The topological polar surface area (TPSA) is 9.23 Å². The van der Waals surface area contributed by atoms with Crippen LogP contribution in [0.5, 0.6) is 5.75 Å². The van der Waals surface area contributed by atoms with E-state index in [9.17, 15) is 4.39 Å². The van der Waals surface area contributed by atoms with E-state index in [1.165, 1.54) is 12.1 Å². The van der Waals surface area contributed by atoms with Crippen LogP contribution >= 0.6 is 11.6 Å². The van der Waals surface area contributed by atoms with Crippen LogP contribution in [0, 0.1) is 5.82 Å². The Kier molecular flexibility index (Phi) is 2.81. The zero-order valence-corrected chi connectivity index (χ0v) is 8.65. The van der Waals surface area contributed by atoms with Gasteiger partial charge < -0.3 is 4.74 Å². The second-order valence-electron chi connectivity index (χ2n) is 3.79. The maximum Gasteiger partial charge on any atom is 0.166 e. The van der Waals surface area contributed by atoms with Crippen LogP contribution in [0.4, 0.5) is 4.39 Å². The van der Waals surface area contributed by atoms with E-state index < -0.39 is 11.4 Å². The van der Waals surface area contributed by atoms with Crippen LogP contribution in [0.25, 0.3) is 0 Å². The maximum absolute atomic E-state index is 13.2. The lowest BCUT2D eigenvalue weighted by atomic mass is 10.2. The van der Waals surface area contributed by atoms with E-state index in [0.717, 1.165) is 0 Å². The van der Waals surface area contributed by atoms with Crippen LogP contribution in [0.2, 0.25) is 5.02 Å². The second kappa shape index (κ2) is 3.54. The summed E-state index contributed by atoms with van der Waals surface area (Å²) in [5.74, 6) is -0.195. The molecule has 0 aromatic heterocycles. The molecule has 1 nitrogen and oxygen atoms in total. The Morgan fingerprint density at radius 3 is 2.38 bits per heavy atom. The van der Waals surface area contributed by atoms with E-state index in [2.05, 4.69) is 0 Å². The van der Waals surface area contributed by atoms with E-state index in [1.54, 1.807) is 6.07 Å². The summed E-state index contributed by atoms with van der Waals surface area (Å²) in [6.07, 6.45) is 0. The summed E-state index contributed by atoms with van der Waals surface area (Å²) < 4.78 is 18.5. The first-order valence-electron chi connectivity index (χ1n) is 4.02. The highest BCUT2D eigenvalue weighted by Gasteiger charge is 2.14. The molecule has 0 radical (unpaired) electrons. The van der Waals surface area contributed by atoms with E-state index >= 15 is 0 Å². The van der Waals surface area contributed by atoms with Gasteiger partial charge >= 0.3 is 0 Å². The molecule has 0 amide bonds. The number of rotatable bonds is 1. The molecule has 0 heterocycles. The van der Waals surface area contributed by atoms with Gasteiger partial charge in [-0.2, -0.15) is 0 Å². The predicted octanol–water partition coefficient (Wildman–Crippen LogP) is 3.66. The molecule has 0 saturated carbocycles. The van der Waals surface area contributed by atoms with Crippen molar-refractivity contribution in [2.45, 2.75) is 26.4 Å². The van der Waals surface area contributed by atoms with Crippen molar-refractivity contribution >= 4 is 11.6 Å². The quantitative estimate of drug-likeness (QED) is 0.676. The van der Waals surface area contributed by atoms with Gasteiger partial charge in [-0.05, 0) is 39.0 Å². The van der Waals surface area contributed by atoms with Gasteiger partial charge in [0.1, 0.15) is 5.60 Å². The fraction of sp³-hybridized carbons (Fsp3) is 0.400. The molecule has 1 aromatic rings. The van der Waals surface area contributed by atoms with Crippen LogP contribution in [0.3, 0.4) is 0 Å². The van der Waals surface area contributed by atoms with Crippen molar-refractivity contribution in [1.82, 2.24) is 0 Å². The first kappa shape index (κ1) is 10.3. The lowest BCUT2D eigenvalue weighted by Crippen LogP contribution is -2.23. The summed E-state index contributed by atoms with van der Waals surface area (Å²) in [6, 6.07) is 4.37. The first-order chi connectivity index (χ1) is 5.88. The highest BCUT2D eigenvalue weighted by molar-refractivity contribution is 6.30. The minimum Gasteiger partial charge on any atom is -0.485 e. The molecule has 0 fully saturated rings. The van der Waals surface area contributed by atoms with Gasteiger partial charge in [-0.25, -0.2) is 4.39 Å². The van der Waals surface area contributed by atoms with Gasteiger partial charge in [0.2, 0.25) is 0 Å². The van der Waals surface area contributed by atoms with Crippen molar-refractivity contribution in [3.63, 3.8) is 0 Å². The zero-order valence-electron chi connectivity index (χ0n) is 7.90. The summed E-state index contributed by atoms with van der Waals surface area (Å²) >= 11 is 5.59. The molecule has 0 spiro atoms. The maximum atomic E-state index is 13.2. The highest BCUT2D eigenvalue weighted by atomic mass is 35.5. The Labute approximate surface area is 82.5 Å². The van der Waals surface area contributed by atoms with Crippen LogP contribution in [-0.2, 0) is 0 Å². The highest BCUT2D eigenvalue weighted by Crippen LogP contribution is 2.24. The minimum absolute atomic E-state index is 0.233. The van der Waals surface area contributed by atoms with E-state index in [0.29, 0.717) is 5.02 Å². The number of halogens is 2. The summed E-state index contributed by atoms with van der Waals surface area (Å²) in [7, 11) is 0. The number of ether oxygens (including phenoxy) is 1. The SMILES string of the molecule is CC(C)(C)Oc1ccc(Cl)cc1F. The van der Waals surface area contributed by atoms with Crippen molar-refractivity contribution < 1.29 is 9.13 Å².